The first kappa shape index (κ1) is 13.9. The molecule has 0 amide bonds. The molecule has 0 saturated carbocycles. The van der Waals surface area contributed by atoms with Crippen LogP contribution >= 0.6 is 0 Å². The lowest BCUT2D eigenvalue weighted by Gasteiger charge is -2.15. The Hall–Kier alpha value is -1.55. The highest BCUT2D eigenvalue weighted by Gasteiger charge is 2.23. The van der Waals surface area contributed by atoms with Crippen molar-refractivity contribution in [3.8, 4) is 5.75 Å². The first-order valence-electron chi connectivity index (χ1n) is 6.82. The maximum Gasteiger partial charge on any atom is 0.339 e. The topological polar surface area (TPSA) is 66.8 Å². The van der Waals surface area contributed by atoms with Crippen LogP contribution in [0.25, 0.3) is 0 Å². The van der Waals surface area contributed by atoms with Gasteiger partial charge in [-0.15, -0.1) is 0 Å². The predicted molar refractivity (Wildman–Crippen MR) is 71.0 cm³/mol. The maximum atomic E-state index is 11.5. The number of hydrogen-bond acceptors (Lipinski definition) is 4. The van der Waals surface area contributed by atoms with Crippen LogP contribution in [0.1, 0.15) is 49.0 Å². The molecule has 2 N–H and O–H groups in total. The Bertz CT molecular complexity index is 467. The third-order valence-electron chi connectivity index (χ3n) is 3.55. The molecule has 1 aliphatic carbocycles. The fourth-order valence-corrected chi connectivity index (χ4v) is 2.54. The van der Waals surface area contributed by atoms with Crippen molar-refractivity contribution in [3.63, 3.8) is 0 Å². The zero-order valence-electron chi connectivity index (χ0n) is 11.2. The number of aromatic hydroxyl groups is 1. The van der Waals surface area contributed by atoms with E-state index in [2.05, 4.69) is 0 Å². The molecule has 1 aliphatic rings. The van der Waals surface area contributed by atoms with E-state index in [4.69, 9.17) is 4.74 Å². The molecule has 2 rings (SSSR count). The smallest absolute Gasteiger partial charge is 0.339 e. The van der Waals surface area contributed by atoms with Crippen LogP contribution in [0.3, 0.4) is 0 Å². The highest BCUT2D eigenvalue weighted by molar-refractivity contribution is 5.77. The number of benzene rings is 1. The van der Waals surface area contributed by atoms with E-state index >= 15 is 0 Å². The first-order valence-corrected chi connectivity index (χ1v) is 6.82. The molecule has 0 aromatic heterocycles. The number of esters is 1. The average molecular weight is 264 g/mol. The van der Waals surface area contributed by atoms with Crippen LogP contribution in [0.2, 0.25) is 0 Å². The summed E-state index contributed by atoms with van der Waals surface area (Å²) in [4.78, 5) is 11.5. The van der Waals surface area contributed by atoms with Gasteiger partial charge >= 0.3 is 5.97 Å². The molecular formula is C15H20O4. The summed E-state index contributed by atoms with van der Waals surface area (Å²) in [5.41, 5.74) is 2.49. The number of aliphatic hydroxyl groups is 1. The van der Waals surface area contributed by atoms with Gasteiger partial charge in [0.2, 0.25) is 0 Å². The third-order valence-corrected chi connectivity index (χ3v) is 3.55. The van der Waals surface area contributed by atoms with E-state index in [1.807, 2.05) is 0 Å². The van der Waals surface area contributed by atoms with Gasteiger partial charge in [0.05, 0.1) is 6.61 Å². The van der Waals surface area contributed by atoms with Crippen molar-refractivity contribution in [2.45, 2.75) is 45.1 Å². The van der Waals surface area contributed by atoms with Gasteiger partial charge in [0.1, 0.15) is 5.75 Å². The molecule has 1 atom stereocenters. The van der Waals surface area contributed by atoms with Crippen LogP contribution in [0, 0.1) is 0 Å². The molecule has 0 radical (unpaired) electrons. The quantitative estimate of drug-likeness (QED) is 0.649. The van der Waals surface area contributed by atoms with Crippen LogP contribution in [-0.2, 0) is 22.4 Å². The monoisotopic (exact) mass is 264 g/mol. The summed E-state index contributed by atoms with van der Waals surface area (Å²) < 4.78 is 4.78. The van der Waals surface area contributed by atoms with Crippen molar-refractivity contribution in [2.24, 2.45) is 0 Å². The molecular weight excluding hydrogens is 244 g/mol. The average Bonchev–Trinajstić information content (AvgIpc) is 2.62. The summed E-state index contributed by atoms with van der Waals surface area (Å²) in [5.74, 6) is -0.743. The van der Waals surface area contributed by atoms with Crippen molar-refractivity contribution in [2.75, 3.05) is 6.61 Å². The van der Waals surface area contributed by atoms with Gasteiger partial charge in [0, 0.05) is 5.56 Å². The fraction of sp³-hybridized carbons (Fsp3) is 0.533. The Labute approximate surface area is 113 Å². The van der Waals surface area contributed by atoms with Crippen LogP contribution in [0.5, 0.6) is 5.75 Å². The molecule has 1 unspecified atom stereocenters. The van der Waals surface area contributed by atoms with Crippen molar-refractivity contribution in [3.05, 3.63) is 28.8 Å². The Balaban J connectivity index is 2.31. The van der Waals surface area contributed by atoms with Gasteiger partial charge < -0.3 is 14.9 Å². The normalized spacial score (nSPS) is 16.3. The zero-order valence-corrected chi connectivity index (χ0v) is 11.2. The number of phenolic OH excluding ortho intramolecular Hbond substituents is 1. The van der Waals surface area contributed by atoms with Gasteiger partial charge in [-0.1, -0.05) is 6.42 Å². The second-order valence-electron chi connectivity index (χ2n) is 4.89. The lowest BCUT2D eigenvalue weighted by molar-refractivity contribution is -0.153. The Morgan fingerprint density at radius 2 is 1.89 bits per heavy atom. The first-order chi connectivity index (χ1) is 9.13. The minimum atomic E-state index is -1.41. The number of ether oxygens (including phenoxy) is 1. The maximum absolute atomic E-state index is 11.5. The highest BCUT2D eigenvalue weighted by atomic mass is 16.5. The molecule has 4 heteroatoms. The van der Waals surface area contributed by atoms with E-state index in [1.54, 1.807) is 19.1 Å². The Kier molecular flexibility index (Phi) is 4.43. The molecule has 0 heterocycles. The summed E-state index contributed by atoms with van der Waals surface area (Å²) in [6.07, 6.45) is 3.86. The number of fused-ring (bicyclic) bond motifs is 1. The van der Waals surface area contributed by atoms with Gasteiger partial charge in [-0.2, -0.15) is 0 Å². The lowest BCUT2D eigenvalue weighted by Crippen LogP contribution is -2.16. The lowest BCUT2D eigenvalue weighted by atomic mass is 9.96. The summed E-state index contributed by atoms with van der Waals surface area (Å²) in [5, 5.41) is 19.9. The number of aryl methyl sites for hydroxylation is 2. The van der Waals surface area contributed by atoms with Crippen LogP contribution in [0.4, 0.5) is 0 Å². The van der Waals surface area contributed by atoms with Gasteiger partial charge in [-0.3, -0.25) is 0 Å². The van der Waals surface area contributed by atoms with Gasteiger partial charge in [0.15, 0.2) is 6.10 Å². The third kappa shape index (κ3) is 3.07. The van der Waals surface area contributed by atoms with E-state index in [1.165, 1.54) is 6.42 Å². The number of rotatable bonds is 3. The SMILES string of the molecule is CCOC(=O)C(O)c1cc2c(cc1O)CCCCC2. The largest absolute Gasteiger partial charge is 0.508 e. The van der Waals surface area contributed by atoms with Crippen LogP contribution in [0.15, 0.2) is 12.1 Å². The van der Waals surface area contributed by atoms with E-state index in [-0.39, 0.29) is 17.9 Å². The summed E-state index contributed by atoms with van der Waals surface area (Å²) >= 11 is 0. The van der Waals surface area contributed by atoms with Gasteiger partial charge in [-0.05, 0) is 55.9 Å². The molecule has 1 aromatic rings. The number of hydrogen-bond donors (Lipinski definition) is 2. The van der Waals surface area contributed by atoms with E-state index in [0.717, 1.165) is 36.8 Å². The van der Waals surface area contributed by atoms with Crippen molar-refractivity contribution in [1.82, 2.24) is 0 Å². The number of aliphatic hydroxyl groups excluding tert-OH is 1. The second kappa shape index (κ2) is 6.06. The molecule has 1 aromatic carbocycles. The number of carbonyl (C=O) groups excluding carboxylic acids is 1. The highest BCUT2D eigenvalue weighted by Crippen LogP contribution is 2.31. The molecule has 0 bridgehead atoms. The standard InChI is InChI=1S/C15H20O4/c1-2-19-15(18)14(17)12-8-10-6-4-3-5-7-11(10)9-13(12)16/h8-9,14,16-17H,2-7H2,1H3. The molecule has 0 fully saturated rings. The predicted octanol–water partition coefficient (Wildman–Crippen LogP) is 2.26. The molecule has 104 valence electrons. The molecule has 4 nitrogen and oxygen atoms in total. The summed E-state index contributed by atoms with van der Waals surface area (Å²) in [6.45, 7) is 1.89. The minimum absolute atomic E-state index is 0.0267. The van der Waals surface area contributed by atoms with E-state index in [9.17, 15) is 15.0 Å². The molecule has 19 heavy (non-hydrogen) atoms. The van der Waals surface area contributed by atoms with Crippen molar-refractivity contribution < 1.29 is 19.7 Å². The number of phenols is 1. The van der Waals surface area contributed by atoms with Gasteiger partial charge in [0.25, 0.3) is 0 Å². The summed E-state index contributed by atoms with van der Waals surface area (Å²) in [7, 11) is 0. The van der Waals surface area contributed by atoms with Crippen molar-refractivity contribution in [1.29, 1.82) is 0 Å². The number of carbonyl (C=O) groups is 1. The minimum Gasteiger partial charge on any atom is -0.508 e. The Morgan fingerprint density at radius 1 is 1.26 bits per heavy atom. The molecule has 0 saturated heterocycles. The van der Waals surface area contributed by atoms with E-state index in [0.29, 0.717) is 0 Å². The summed E-state index contributed by atoms with van der Waals surface area (Å²) in [6, 6.07) is 3.43. The van der Waals surface area contributed by atoms with Crippen LogP contribution < -0.4 is 0 Å². The van der Waals surface area contributed by atoms with Gasteiger partial charge in [-0.25, -0.2) is 4.79 Å². The molecule has 0 spiro atoms. The van der Waals surface area contributed by atoms with Crippen LogP contribution in [-0.4, -0.2) is 22.8 Å². The molecule has 0 aliphatic heterocycles. The zero-order chi connectivity index (χ0) is 13.8. The second-order valence-corrected chi connectivity index (χ2v) is 4.89. The van der Waals surface area contributed by atoms with Crippen molar-refractivity contribution >= 4 is 5.97 Å². The Morgan fingerprint density at radius 3 is 2.53 bits per heavy atom. The van der Waals surface area contributed by atoms with E-state index < -0.39 is 12.1 Å². The fourth-order valence-electron chi connectivity index (χ4n) is 2.54.